The molecule has 4 aromatic rings. The van der Waals surface area contributed by atoms with Gasteiger partial charge in [-0.3, -0.25) is 0 Å². The van der Waals surface area contributed by atoms with Crippen LogP contribution in [0.3, 0.4) is 0 Å². The second kappa shape index (κ2) is 14.8. The maximum Gasteiger partial charge on any atom is 0.347 e. The Morgan fingerprint density at radius 3 is 1.38 bits per heavy atom. The van der Waals surface area contributed by atoms with Gasteiger partial charge in [0.05, 0.1) is 47.7 Å². The van der Waals surface area contributed by atoms with Gasteiger partial charge in [0.1, 0.15) is 34.1 Å². The number of hydrogen-bond donors (Lipinski definition) is 0. The molecule has 11 heteroatoms. The number of carbonyl (C=O) groups excluding carboxylic acids is 2. The molecule has 0 heterocycles. The van der Waals surface area contributed by atoms with Crippen LogP contribution in [-0.2, 0) is 0 Å². The Kier molecular flexibility index (Phi) is 10.6. The molecule has 0 saturated carbocycles. The van der Waals surface area contributed by atoms with Gasteiger partial charge in [-0.1, -0.05) is 23.4 Å². The van der Waals surface area contributed by atoms with Gasteiger partial charge in [0, 0.05) is 35.4 Å². The minimum absolute atomic E-state index is 0.132. The Hall–Kier alpha value is -5.53. The number of hydrogen-bond acceptors (Lipinski definition) is 10. The fourth-order valence-electron chi connectivity index (χ4n) is 4.11. The molecule has 45 heavy (non-hydrogen) atoms. The largest absolute Gasteiger partial charge is 0.496 e. The molecule has 0 radical (unpaired) electrons. The lowest BCUT2D eigenvalue weighted by Crippen LogP contribution is -2.11. The van der Waals surface area contributed by atoms with E-state index in [9.17, 15) is 9.59 Å². The first-order valence-electron chi connectivity index (χ1n) is 13.2. The van der Waals surface area contributed by atoms with E-state index in [1.165, 1.54) is 60.9 Å². The topological polar surface area (TPSA) is 108 Å². The van der Waals surface area contributed by atoms with Crippen molar-refractivity contribution in [1.82, 2.24) is 0 Å². The fourth-order valence-corrected chi connectivity index (χ4v) is 4.33. The zero-order valence-electron chi connectivity index (χ0n) is 25.3. The van der Waals surface area contributed by atoms with E-state index in [0.717, 1.165) is 0 Å². The van der Waals surface area contributed by atoms with E-state index in [-0.39, 0.29) is 33.4 Å². The third kappa shape index (κ3) is 7.52. The minimum atomic E-state index is -0.695. The molecule has 0 amide bonds. The van der Waals surface area contributed by atoms with E-state index in [0.29, 0.717) is 39.9 Å². The second-order valence-electron chi connectivity index (χ2n) is 9.01. The molecule has 0 aromatic heterocycles. The van der Waals surface area contributed by atoms with Crippen molar-refractivity contribution in [3.05, 3.63) is 94.0 Å². The molecule has 0 N–H and O–H groups in total. The highest BCUT2D eigenvalue weighted by Crippen LogP contribution is 2.37. The molecule has 232 valence electrons. The highest BCUT2D eigenvalue weighted by molar-refractivity contribution is 6.32. The van der Waals surface area contributed by atoms with Gasteiger partial charge in [-0.05, 0) is 42.5 Å². The van der Waals surface area contributed by atoms with Crippen LogP contribution >= 0.6 is 11.6 Å². The maximum atomic E-state index is 12.9. The molecule has 0 bridgehead atoms. The van der Waals surface area contributed by atoms with Crippen LogP contribution < -0.4 is 37.9 Å². The third-order valence-electron chi connectivity index (χ3n) is 6.40. The smallest absolute Gasteiger partial charge is 0.347 e. The zero-order valence-corrected chi connectivity index (χ0v) is 26.1. The van der Waals surface area contributed by atoms with Crippen molar-refractivity contribution in [1.29, 1.82) is 0 Å². The number of halogens is 1. The van der Waals surface area contributed by atoms with Crippen LogP contribution in [0.4, 0.5) is 0 Å². The first-order chi connectivity index (χ1) is 21.7. The quantitative estimate of drug-likeness (QED) is 0.113. The van der Waals surface area contributed by atoms with Crippen molar-refractivity contribution in [2.75, 3.05) is 42.7 Å². The summed E-state index contributed by atoms with van der Waals surface area (Å²) < 4.78 is 42.8. The normalized spacial score (nSPS) is 10.1. The van der Waals surface area contributed by atoms with Crippen molar-refractivity contribution in [3.8, 4) is 57.8 Å². The molecule has 4 rings (SSSR count). The van der Waals surface area contributed by atoms with Crippen LogP contribution in [0.1, 0.15) is 31.8 Å². The second-order valence-corrected chi connectivity index (χ2v) is 9.42. The molecule has 0 aliphatic carbocycles. The summed E-state index contributed by atoms with van der Waals surface area (Å²) in [5.74, 6) is 7.20. The van der Waals surface area contributed by atoms with E-state index < -0.39 is 11.9 Å². The predicted octanol–water partition coefficient (Wildman–Crippen LogP) is 6.23. The summed E-state index contributed by atoms with van der Waals surface area (Å²) in [7, 11) is 8.76. The van der Waals surface area contributed by atoms with Crippen LogP contribution in [-0.4, -0.2) is 54.6 Å². The summed E-state index contributed by atoms with van der Waals surface area (Å²) >= 11 is 6.41. The van der Waals surface area contributed by atoms with Gasteiger partial charge in [0.2, 0.25) is 0 Å². The summed E-state index contributed by atoms with van der Waals surface area (Å²) in [4.78, 5) is 25.8. The first kappa shape index (κ1) is 32.4. The van der Waals surface area contributed by atoms with Crippen LogP contribution in [0.25, 0.3) is 0 Å². The lowest BCUT2D eigenvalue weighted by atomic mass is 10.1. The summed E-state index contributed by atoms with van der Waals surface area (Å²) in [6, 6.07) is 17.5. The van der Waals surface area contributed by atoms with Crippen molar-refractivity contribution in [2.45, 2.75) is 0 Å². The molecule has 10 nitrogen and oxygen atoms in total. The Bertz CT molecular complexity index is 1770. The number of ether oxygens (including phenoxy) is 8. The van der Waals surface area contributed by atoms with Crippen LogP contribution in [0, 0.1) is 11.8 Å². The van der Waals surface area contributed by atoms with Crippen molar-refractivity contribution in [2.24, 2.45) is 0 Å². The van der Waals surface area contributed by atoms with E-state index >= 15 is 0 Å². The SMILES string of the molecule is COc1cc(OC)c(C(=O)Oc2ccc(C#Cc3ccc(OC(=O)c4cc(OC)c(OC)cc4OC)c(Cl)c3)cc2)cc1OC. The molecule has 0 aliphatic rings. The highest BCUT2D eigenvalue weighted by Gasteiger charge is 2.21. The van der Waals surface area contributed by atoms with Gasteiger partial charge in [0.25, 0.3) is 0 Å². The lowest BCUT2D eigenvalue weighted by Gasteiger charge is -2.14. The predicted molar refractivity (Wildman–Crippen MR) is 166 cm³/mol. The van der Waals surface area contributed by atoms with Gasteiger partial charge < -0.3 is 37.9 Å². The number of methoxy groups -OCH3 is 6. The van der Waals surface area contributed by atoms with E-state index in [2.05, 4.69) is 11.8 Å². The Labute approximate surface area is 265 Å². The molecular weight excluding hydrogens is 604 g/mol. The van der Waals surface area contributed by atoms with Crippen LogP contribution in [0.2, 0.25) is 5.02 Å². The third-order valence-corrected chi connectivity index (χ3v) is 6.70. The van der Waals surface area contributed by atoms with Crippen molar-refractivity contribution >= 4 is 23.5 Å². The Morgan fingerprint density at radius 2 is 0.911 bits per heavy atom. The van der Waals surface area contributed by atoms with Gasteiger partial charge in [-0.2, -0.15) is 0 Å². The number of benzene rings is 4. The van der Waals surface area contributed by atoms with Gasteiger partial charge in [0.15, 0.2) is 23.0 Å². The van der Waals surface area contributed by atoms with E-state index in [1.54, 1.807) is 48.5 Å². The lowest BCUT2D eigenvalue weighted by molar-refractivity contribution is 0.0721. The molecule has 0 fully saturated rings. The molecule has 0 atom stereocenters. The highest BCUT2D eigenvalue weighted by atomic mass is 35.5. The van der Waals surface area contributed by atoms with Crippen molar-refractivity contribution in [3.63, 3.8) is 0 Å². The average Bonchev–Trinajstić information content (AvgIpc) is 3.07. The van der Waals surface area contributed by atoms with E-state index in [4.69, 9.17) is 49.5 Å². The molecule has 0 saturated heterocycles. The monoisotopic (exact) mass is 632 g/mol. The summed E-state index contributed by atoms with van der Waals surface area (Å²) in [6.07, 6.45) is 0. The number of rotatable bonds is 10. The summed E-state index contributed by atoms with van der Waals surface area (Å²) in [5.41, 5.74) is 1.55. The summed E-state index contributed by atoms with van der Waals surface area (Å²) in [5, 5.41) is 0.183. The number of carbonyl (C=O) groups is 2. The Morgan fingerprint density at radius 1 is 0.489 bits per heavy atom. The van der Waals surface area contributed by atoms with Crippen molar-refractivity contribution < 1.29 is 47.5 Å². The maximum absolute atomic E-state index is 12.9. The molecule has 0 aliphatic heterocycles. The van der Waals surface area contributed by atoms with Crippen LogP contribution in [0.15, 0.2) is 66.7 Å². The minimum Gasteiger partial charge on any atom is -0.496 e. The first-order valence-corrected chi connectivity index (χ1v) is 13.6. The summed E-state index contributed by atoms with van der Waals surface area (Å²) in [6.45, 7) is 0. The average molecular weight is 633 g/mol. The molecular formula is C34H29ClO10. The fraction of sp³-hybridized carbons (Fsp3) is 0.176. The zero-order chi connectivity index (χ0) is 32.5. The molecule has 4 aromatic carbocycles. The van der Waals surface area contributed by atoms with Gasteiger partial charge in [-0.25, -0.2) is 9.59 Å². The van der Waals surface area contributed by atoms with Gasteiger partial charge >= 0.3 is 11.9 Å². The van der Waals surface area contributed by atoms with Crippen LogP contribution in [0.5, 0.6) is 46.0 Å². The Balaban J connectivity index is 1.45. The standard InChI is InChI=1S/C34H29ClO10/c1-38-27-18-31(42-5)29(40-3)16-23(27)33(36)44-22-12-9-20(10-13-22)7-8-21-11-14-26(25(35)15-21)45-34(37)24-17-30(41-4)32(43-6)19-28(24)39-2/h9-19H,1-6H3. The van der Waals surface area contributed by atoms with E-state index in [1.807, 2.05) is 0 Å². The van der Waals surface area contributed by atoms with Gasteiger partial charge in [-0.15, -0.1) is 0 Å². The molecule has 0 spiro atoms. The number of esters is 2. The molecule has 0 unspecified atom stereocenters.